The predicted octanol–water partition coefficient (Wildman–Crippen LogP) is 25.5. The van der Waals surface area contributed by atoms with Gasteiger partial charge in [-0.1, -0.05) is 359 Å². The molecule has 0 radical (unpaired) electrons. The Balaban J connectivity index is 4.13. The van der Waals surface area contributed by atoms with Crippen LogP contribution >= 0.6 is 7.82 Å². The lowest BCUT2D eigenvalue weighted by Crippen LogP contribution is -2.45. The van der Waals surface area contributed by atoms with Crippen LogP contribution in [0.5, 0.6) is 0 Å². The molecule has 0 bridgehead atoms. The molecule has 1 amide bonds. The van der Waals surface area contributed by atoms with Gasteiger partial charge in [0, 0.05) is 6.42 Å². The van der Waals surface area contributed by atoms with Gasteiger partial charge in [-0.2, -0.15) is 0 Å². The summed E-state index contributed by atoms with van der Waals surface area (Å²) in [5.74, 6) is -0.198. The van der Waals surface area contributed by atoms with Gasteiger partial charge in [-0.25, -0.2) is 4.57 Å². The summed E-state index contributed by atoms with van der Waals surface area (Å²) in [5.41, 5.74) is 0. The van der Waals surface area contributed by atoms with Crippen molar-refractivity contribution in [3.05, 3.63) is 146 Å². The first-order chi connectivity index (χ1) is 45.5. The van der Waals surface area contributed by atoms with Crippen LogP contribution in [0.2, 0.25) is 0 Å². The highest BCUT2D eigenvalue weighted by Gasteiger charge is 2.28. The van der Waals surface area contributed by atoms with E-state index in [1.165, 1.54) is 193 Å². The third-order valence-corrected chi connectivity index (χ3v) is 17.8. The fourth-order valence-corrected chi connectivity index (χ4v) is 11.6. The highest BCUT2D eigenvalue weighted by molar-refractivity contribution is 7.47. The van der Waals surface area contributed by atoms with Crippen molar-refractivity contribution in [1.82, 2.24) is 5.32 Å². The number of allylic oxidation sites excluding steroid dienone is 23. The van der Waals surface area contributed by atoms with Crippen LogP contribution in [-0.4, -0.2) is 73.4 Å². The van der Waals surface area contributed by atoms with Gasteiger partial charge in [0.2, 0.25) is 5.91 Å². The van der Waals surface area contributed by atoms with Crippen molar-refractivity contribution >= 4 is 13.7 Å². The molecule has 534 valence electrons. The van der Waals surface area contributed by atoms with Crippen LogP contribution in [0.4, 0.5) is 0 Å². The van der Waals surface area contributed by atoms with Crippen LogP contribution in [0.15, 0.2) is 146 Å². The summed E-state index contributed by atoms with van der Waals surface area (Å²) in [6.45, 7) is 4.69. The molecule has 3 N–H and O–H groups in total. The van der Waals surface area contributed by atoms with Gasteiger partial charge >= 0.3 is 7.82 Å². The lowest BCUT2D eigenvalue weighted by molar-refractivity contribution is -0.870. The number of carbonyl (C=O) groups excluding carboxylic acids is 1. The van der Waals surface area contributed by atoms with E-state index in [1.807, 2.05) is 27.2 Å². The Morgan fingerprint density at radius 1 is 0.376 bits per heavy atom. The highest BCUT2D eigenvalue weighted by Crippen LogP contribution is 2.43. The average Bonchev–Trinajstić information content (AvgIpc) is 1.94. The average molecular weight is 1310 g/mol. The lowest BCUT2D eigenvalue weighted by Gasteiger charge is -2.25. The summed E-state index contributed by atoms with van der Waals surface area (Å²) in [5, 5.41) is 14.0. The van der Waals surface area contributed by atoms with Crippen molar-refractivity contribution in [2.45, 2.75) is 341 Å². The van der Waals surface area contributed by atoms with E-state index in [1.54, 1.807) is 6.08 Å². The number of aliphatic hydroxyl groups is 1. The Bertz CT molecular complexity index is 2030. The number of unbranched alkanes of at least 4 members (excludes halogenated alkanes) is 35. The molecule has 0 saturated carbocycles. The van der Waals surface area contributed by atoms with Gasteiger partial charge in [-0.15, -0.1) is 0 Å². The first kappa shape index (κ1) is 89.4. The van der Waals surface area contributed by atoms with Gasteiger partial charge in [-0.3, -0.25) is 13.8 Å². The second-order valence-electron chi connectivity index (χ2n) is 27.0. The zero-order valence-electron chi connectivity index (χ0n) is 61.2. The molecule has 3 unspecified atom stereocenters. The summed E-state index contributed by atoms with van der Waals surface area (Å²) in [7, 11) is 1.54. The summed E-state index contributed by atoms with van der Waals surface area (Å²) in [4.78, 5) is 23.5. The van der Waals surface area contributed by atoms with Crippen molar-refractivity contribution in [1.29, 1.82) is 0 Å². The fourth-order valence-electron chi connectivity index (χ4n) is 10.9. The zero-order valence-corrected chi connectivity index (χ0v) is 62.1. The predicted molar refractivity (Wildman–Crippen MR) is 410 cm³/mol. The van der Waals surface area contributed by atoms with Gasteiger partial charge in [0.25, 0.3) is 0 Å². The molecule has 0 aromatic carbocycles. The summed E-state index contributed by atoms with van der Waals surface area (Å²) < 4.78 is 23.8. The highest BCUT2D eigenvalue weighted by atomic mass is 31.2. The van der Waals surface area contributed by atoms with E-state index in [0.717, 1.165) is 116 Å². The maximum absolute atomic E-state index is 13.1. The number of quaternary nitrogens is 1. The van der Waals surface area contributed by atoms with E-state index < -0.39 is 20.0 Å². The minimum absolute atomic E-state index is 0.0477. The summed E-state index contributed by atoms with van der Waals surface area (Å²) >= 11 is 0. The SMILES string of the molecule is CC/C=C\C/C=C\C/C=C\C/C=C\C/C=C\C/C=C\C/C=C\C/C=C\C/C=C\C/C=C\CCCCCCCCCCC(=O)NC(COP(=O)(O)OCC[N+](C)(C)C)C(O)/C=C/CC/C=C/CCCCCCCCCCCCCCCCCCCCCCCCCCCC. The molecule has 0 aromatic rings. The monoisotopic (exact) mass is 1310 g/mol. The van der Waals surface area contributed by atoms with Crippen LogP contribution in [0.1, 0.15) is 328 Å². The van der Waals surface area contributed by atoms with Crippen LogP contribution in [0.25, 0.3) is 0 Å². The second kappa shape index (κ2) is 72.6. The van der Waals surface area contributed by atoms with Crippen LogP contribution in [0.3, 0.4) is 0 Å². The van der Waals surface area contributed by atoms with E-state index in [0.29, 0.717) is 17.4 Å². The Morgan fingerprint density at radius 2 is 0.656 bits per heavy atom. The van der Waals surface area contributed by atoms with E-state index in [4.69, 9.17) is 9.05 Å². The first-order valence-electron chi connectivity index (χ1n) is 38.7. The van der Waals surface area contributed by atoms with E-state index in [9.17, 15) is 19.4 Å². The van der Waals surface area contributed by atoms with Crippen LogP contribution < -0.4 is 5.32 Å². The Hall–Kier alpha value is -3.62. The molecule has 0 saturated heterocycles. The zero-order chi connectivity index (χ0) is 67.6. The lowest BCUT2D eigenvalue weighted by atomic mass is 10.0. The largest absolute Gasteiger partial charge is 0.472 e. The summed E-state index contributed by atoms with van der Waals surface area (Å²) in [6, 6.07) is -0.881. The molecule has 0 spiro atoms. The normalized spacial score (nSPS) is 14.4. The Labute approximate surface area is 576 Å². The molecule has 0 aliphatic carbocycles. The van der Waals surface area contributed by atoms with Gasteiger partial charge in [-0.05, 0) is 109 Å². The van der Waals surface area contributed by atoms with Crippen molar-refractivity contribution in [2.75, 3.05) is 40.9 Å². The number of nitrogens with zero attached hydrogens (tertiary/aromatic N) is 1. The molecule has 0 fully saturated rings. The number of aliphatic hydroxyl groups excluding tert-OH is 1. The van der Waals surface area contributed by atoms with Crippen molar-refractivity contribution < 1.29 is 32.9 Å². The number of rotatable bonds is 70. The van der Waals surface area contributed by atoms with Gasteiger partial charge in [0.15, 0.2) is 0 Å². The number of hydrogen-bond donors (Lipinski definition) is 3. The molecule has 0 aromatic heterocycles. The minimum atomic E-state index is -4.38. The summed E-state index contributed by atoms with van der Waals surface area (Å²) in [6.07, 6.45) is 112. The molecule has 0 heterocycles. The maximum Gasteiger partial charge on any atom is 0.472 e. The Morgan fingerprint density at radius 3 is 0.989 bits per heavy atom. The number of carbonyl (C=O) groups is 1. The fraction of sp³-hybridized carbons (Fsp3) is 0.702. The number of hydrogen-bond acceptors (Lipinski definition) is 5. The van der Waals surface area contributed by atoms with Crippen molar-refractivity contribution in [3.63, 3.8) is 0 Å². The number of phosphoric acid groups is 1. The number of likely N-dealkylation sites (N-methyl/N-ethyl adjacent to an activating group) is 1. The second-order valence-corrected chi connectivity index (χ2v) is 28.4. The van der Waals surface area contributed by atoms with E-state index >= 15 is 0 Å². The molecule has 93 heavy (non-hydrogen) atoms. The van der Waals surface area contributed by atoms with Gasteiger partial charge in [0.1, 0.15) is 13.2 Å². The van der Waals surface area contributed by atoms with Gasteiger partial charge < -0.3 is 19.8 Å². The van der Waals surface area contributed by atoms with Crippen LogP contribution in [0, 0.1) is 0 Å². The topological polar surface area (TPSA) is 105 Å². The Kier molecular flexibility index (Phi) is 69.8. The third kappa shape index (κ3) is 75.6. The smallest absolute Gasteiger partial charge is 0.387 e. The number of nitrogens with one attached hydrogen (secondary N) is 1. The molecule has 0 aliphatic rings. The van der Waals surface area contributed by atoms with Gasteiger partial charge in [0.05, 0.1) is 39.9 Å². The van der Waals surface area contributed by atoms with Crippen molar-refractivity contribution in [2.24, 2.45) is 0 Å². The van der Waals surface area contributed by atoms with Crippen molar-refractivity contribution in [3.8, 4) is 0 Å². The number of phosphoric ester groups is 1. The standard InChI is InChI=1S/C84H147N2O6P/c1-6-8-10-12-14-16-18-20-22-24-26-28-30-32-34-36-38-40-41-42-43-44-45-46-48-50-52-54-56-58-60-62-64-66-68-70-72-74-76-78-84(88)85-82(81-92-93(89,90)91-80-79-86(3,4)5)83(87)77-75-73-71-69-67-65-63-61-59-57-55-53-51-49-47-39-37-35-33-31-29-27-25-23-21-19-17-15-13-11-9-7-2/h8,10,14,16,20,22,26,28,32,34,38,40,42-43,45-46,50,52,56,58,67,69,75,77,82-83,87H,6-7,9,11-13,15,17-19,21,23-25,27,29-31,33,35-37,39,41,44,47-49,51,53-55,57,59-66,68,70-74,76,78-81H2,1-5H3,(H-,85,88,89,90)/p+1/b10-8-,16-14-,22-20-,28-26-,34-32-,40-38-,43-42-,46-45-,52-50-,58-56-,69-67+,77-75+. The first-order valence-corrected chi connectivity index (χ1v) is 40.2. The quantitative estimate of drug-likeness (QED) is 0.0243. The molecular formula is C84H148N2O6P+. The molecule has 3 atom stereocenters. The minimum Gasteiger partial charge on any atom is -0.387 e. The molecular weight excluding hydrogens is 1160 g/mol. The maximum atomic E-state index is 13.1. The molecule has 0 aliphatic heterocycles. The third-order valence-electron chi connectivity index (χ3n) is 16.8. The van der Waals surface area contributed by atoms with E-state index in [2.05, 4.69) is 153 Å². The number of amides is 1. The molecule has 8 nitrogen and oxygen atoms in total. The van der Waals surface area contributed by atoms with E-state index in [-0.39, 0.29) is 19.1 Å². The van der Waals surface area contributed by atoms with Crippen LogP contribution in [-0.2, 0) is 18.4 Å². The molecule has 9 heteroatoms. The molecule has 0 rings (SSSR count).